The molecule has 1 aromatic carbocycles. The van der Waals surface area contributed by atoms with Gasteiger partial charge in [-0.2, -0.15) is 0 Å². The lowest BCUT2D eigenvalue weighted by Crippen LogP contribution is -2.53. The summed E-state index contributed by atoms with van der Waals surface area (Å²) in [7, 11) is 0. The minimum Gasteiger partial charge on any atom is -0.480 e. The molecule has 3 rings (SSSR count). The molecule has 0 bridgehead atoms. The van der Waals surface area contributed by atoms with Gasteiger partial charge >= 0.3 is 18.2 Å². The van der Waals surface area contributed by atoms with Crippen LogP contribution < -0.4 is 21.3 Å². The summed E-state index contributed by atoms with van der Waals surface area (Å²) >= 11 is 0. The highest BCUT2D eigenvalue weighted by molar-refractivity contribution is 5.98. The summed E-state index contributed by atoms with van der Waals surface area (Å²) in [5, 5.41) is 19.0. The van der Waals surface area contributed by atoms with Gasteiger partial charge in [0.2, 0.25) is 11.8 Å². The zero-order valence-electron chi connectivity index (χ0n) is 28.3. The largest absolute Gasteiger partial charge is 0.480 e. The number of aliphatic carboxylic acids is 1. The molecule has 2 aliphatic carbocycles. The minimum absolute atomic E-state index is 0.0703. The molecule has 0 spiro atoms. The molecule has 5 atom stereocenters. The number of carboxylic acids is 1. The Bertz CT molecular complexity index is 1290. The Morgan fingerprint density at radius 2 is 1.53 bits per heavy atom. The number of carbonyl (C=O) groups excluding carboxylic acids is 4. The summed E-state index contributed by atoms with van der Waals surface area (Å²) in [5.41, 5.74) is 1.27. The first-order valence-electron chi connectivity index (χ1n) is 16.5. The van der Waals surface area contributed by atoms with Gasteiger partial charge in [-0.15, -0.1) is 11.8 Å². The summed E-state index contributed by atoms with van der Waals surface area (Å²) in [6.07, 6.45) is 2.66. The molecule has 49 heavy (non-hydrogen) atoms. The van der Waals surface area contributed by atoms with Crippen LogP contribution in [-0.4, -0.2) is 93.5 Å². The predicted molar refractivity (Wildman–Crippen MR) is 176 cm³/mol. The van der Waals surface area contributed by atoms with Crippen molar-refractivity contribution in [3.05, 3.63) is 29.8 Å². The Morgan fingerprint density at radius 3 is 2.18 bits per heavy atom. The predicted octanol–water partition coefficient (Wildman–Crippen LogP) is 2.64. The van der Waals surface area contributed by atoms with Gasteiger partial charge in [0.1, 0.15) is 32.1 Å². The van der Waals surface area contributed by atoms with E-state index >= 15 is 0 Å². The van der Waals surface area contributed by atoms with Crippen molar-refractivity contribution in [1.29, 1.82) is 0 Å². The first-order valence-corrected chi connectivity index (χ1v) is 16.5. The van der Waals surface area contributed by atoms with Gasteiger partial charge in [-0.1, -0.05) is 26.0 Å². The van der Waals surface area contributed by atoms with E-state index in [1.165, 1.54) is 6.92 Å². The summed E-state index contributed by atoms with van der Waals surface area (Å²) in [6, 6.07) is 4.88. The molecule has 1 saturated carbocycles. The van der Waals surface area contributed by atoms with Crippen LogP contribution >= 0.6 is 0 Å². The van der Waals surface area contributed by atoms with Crippen LogP contribution in [0.5, 0.6) is 0 Å². The molecule has 15 heteroatoms. The van der Waals surface area contributed by atoms with E-state index in [-0.39, 0.29) is 45.7 Å². The monoisotopic (exact) mass is 688 g/mol. The van der Waals surface area contributed by atoms with Crippen LogP contribution in [-0.2, 0) is 44.7 Å². The molecule has 1 fully saturated rings. The molecule has 270 valence electrons. The van der Waals surface area contributed by atoms with Crippen molar-refractivity contribution in [2.24, 2.45) is 23.7 Å². The van der Waals surface area contributed by atoms with E-state index in [4.69, 9.17) is 28.8 Å². The standard InChI is InChI=1S/C34H48N4O11/c1-22(2)30(32(42)36-23(3)31(41)37-25-12-10-24(11-13-25)18-46-21-47-20-29(39)40)38-34(44)48-17-16-45-15-14-35-33(43)49-19-28-26-8-6-4-5-7-9-27(26)28/h10-13,22-23,26-28,30H,6-9,14-21H2,1-3H3,(H,35,43)(H,36,42)(H,37,41)(H,38,44)(H,39,40)/t23-,26-,27+,28?,30-/m0/s1. The molecule has 2 aliphatic rings. The van der Waals surface area contributed by atoms with Crippen LogP contribution in [0.4, 0.5) is 15.3 Å². The third kappa shape index (κ3) is 14.7. The summed E-state index contributed by atoms with van der Waals surface area (Å²) in [6.45, 7) is 5.45. The smallest absolute Gasteiger partial charge is 0.407 e. The lowest BCUT2D eigenvalue weighted by atomic mass is 10.0. The molecule has 5 N–H and O–H groups in total. The lowest BCUT2D eigenvalue weighted by Gasteiger charge is -2.23. The zero-order chi connectivity index (χ0) is 35.6. The maximum absolute atomic E-state index is 12.9. The van der Waals surface area contributed by atoms with Crippen molar-refractivity contribution in [1.82, 2.24) is 16.0 Å². The second kappa shape index (κ2) is 20.9. The topological polar surface area (TPSA) is 200 Å². The number of nitrogens with one attached hydrogen (secondary N) is 4. The fourth-order valence-corrected chi connectivity index (χ4v) is 5.38. The summed E-state index contributed by atoms with van der Waals surface area (Å²) in [5.74, 6) is 5.56. The molecule has 0 radical (unpaired) electrons. The first-order chi connectivity index (χ1) is 23.5. The van der Waals surface area contributed by atoms with Crippen molar-refractivity contribution < 1.29 is 52.8 Å². The van der Waals surface area contributed by atoms with E-state index in [0.29, 0.717) is 30.0 Å². The second-order valence-corrected chi connectivity index (χ2v) is 12.2. The Balaban J connectivity index is 1.25. The third-order valence-electron chi connectivity index (χ3n) is 8.08. The molecule has 0 aromatic heterocycles. The number of fused-ring (bicyclic) bond motifs is 1. The average Bonchev–Trinajstić information content (AvgIpc) is 3.70. The molecule has 0 saturated heterocycles. The van der Waals surface area contributed by atoms with Gasteiger partial charge in [0.25, 0.3) is 0 Å². The number of rotatable bonds is 20. The number of carbonyl (C=O) groups is 5. The van der Waals surface area contributed by atoms with Crippen LogP contribution in [0, 0.1) is 35.5 Å². The van der Waals surface area contributed by atoms with E-state index in [0.717, 1.165) is 31.2 Å². The number of hydrogen-bond donors (Lipinski definition) is 5. The van der Waals surface area contributed by atoms with Gasteiger partial charge in [-0.25, -0.2) is 14.4 Å². The maximum Gasteiger partial charge on any atom is 0.407 e. The SMILES string of the molecule is CC(C)[C@H](NC(=O)OCCOCCNC(=O)OCC1[C@H]2CCC#CCC[C@@H]12)C(=O)N[C@@H](C)C(=O)Nc1ccc(COCOCC(=O)O)cc1. The molecular formula is C34H48N4O11. The second-order valence-electron chi connectivity index (χ2n) is 12.2. The highest BCUT2D eigenvalue weighted by Gasteiger charge is 2.49. The maximum atomic E-state index is 12.9. The molecule has 0 aliphatic heterocycles. The molecule has 1 unspecified atom stereocenters. The third-order valence-corrected chi connectivity index (χ3v) is 8.08. The van der Waals surface area contributed by atoms with E-state index < -0.39 is 48.7 Å². The van der Waals surface area contributed by atoms with E-state index in [2.05, 4.69) is 33.1 Å². The molecule has 15 nitrogen and oxygen atoms in total. The van der Waals surface area contributed by atoms with Gasteiger partial charge < -0.3 is 50.1 Å². The molecule has 4 amide bonds. The number of alkyl carbamates (subject to hydrolysis) is 2. The number of hydrogen-bond acceptors (Lipinski definition) is 10. The minimum atomic E-state index is -1.09. The number of ether oxygens (including phenoxy) is 5. The number of anilines is 1. The zero-order valence-corrected chi connectivity index (χ0v) is 28.3. The van der Waals surface area contributed by atoms with Gasteiger partial charge in [-0.05, 0) is 61.1 Å². The highest BCUT2D eigenvalue weighted by atomic mass is 16.7. The van der Waals surface area contributed by atoms with Gasteiger partial charge in [-0.3, -0.25) is 9.59 Å². The lowest BCUT2D eigenvalue weighted by molar-refractivity contribution is -0.148. The Labute approximate surface area is 286 Å². The summed E-state index contributed by atoms with van der Waals surface area (Å²) in [4.78, 5) is 60.4. The Hall–Kier alpha value is -4.39. The van der Waals surface area contributed by atoms with E-state index in [1.54, 1.807) is 38.1 Å². The van der Waals surface area contributed by atoms with E-state index in [1.807, 2.05) is 0 Å². The van der Waals surface area contributed by atoms with Gasteiger partial charge in [0.05, 0.1) is 26.4 Å². The van der Waals surface area contributed by atoms with Gasteiger partial charge in [0.15, 0.2) is 0 Å². The number of amides is 4. The van der Waals surface area contributed by atoms with Crippen molar-refractivity contribution in [3.8, 4) is 11.8 Å². The van der Waals surface area contributed by atoms with Crippen LogP contribution in [0.15, 0.2) is 24.3 Å². The first kappa shape index (κ1) is 39.1. The summed E-state index contributed by atoms with van der Waals surface area (Å²) < 4.78 is 25.9. The van der Waals surface area contributed by atoms with Gasteiger partial charge in [0, 0.05) is 25.1 Å². The highest BCUT2D eigenvalue weighted by Crippen LogP contribution is 2.52. The van der Waals surface area contributed by atoms with Crippen LogP contribution in [0.1, 0.15) is 52.0 Å². The van der Waals surface area contributed by atoms with Crippen LogP contribution in [0.3, 0.4) is 0 Å². The molecule has 1 aromatic rings. The molecule has 0 heterocycles. The molecular weight excluding hydrogens is 640 g/mol. The fraction of sp³-hybridized carbons (Fsp3) is 0.618. The average molecular weight is 689 g/mol. The van der Waals surface area contributed by atoms with Crippen molar-refractivity contribution in [3.63, 3.8) is 0 Å². The fourth-order valence-electron chi connectivity index (χ4n) is 5.38. The van der Waals surface area contributed by atoms with Crippen molar-refractivity contribution in [2.45, 2.75) is 65.1 Å². The quantitative estimate of drug-likeness (QED) is 0.0767. The van der Waals surface area contributed by atoms with Crippen molar-refractivity contribution >= 4 is 35.7 Å². The number of benzene rings is 1. The Kier molecular flexibility index (Phi) is 16.6. The van der Waals surface area contributed by atoms with Crippen LogP contribution in [0.2, 0.25) is 0 Å². The number of carboxylic acid groups (broad SMARTS) is 1. The normalized spacial score (nSPS) is 19.0. The van der Waals surface area contributed by atoms with E-state index in [9.17, 15) is 24.0 Å². The van der Waals surface area contributed by atoms with Crippen LogP contribution in [0.25, 0.3) is 0 Å². The Morgan fingerprint density at radius 1 is 0.837 bits per heavy atom. The van der Waals surface area contributed by atoms with Crippen molar-refractivity contribution in [2.75, 3.05) is 51.7 Å².